The molecule has 1 amide bonds. The molecular weight excluding hydrogens is 324 g/mol. The standard InChI is InChI=1S/C15H17ClN2O5/c16-12-6-5-11(8-13(12)18(21)22)17-14(19)9-23-15(20)7-10-3-1-2-4-10/h5-6,8,10H,1-4,7,9H2,(H,17,19). The van der Waals surface area contributed by atoms with E-state index in [2.05, 4.69) is 5.32 Å². The molecule has 1 saturated carbocycles. The zero-order valence-corrected chi connectivity index (χ0v) is 13.2. The van der Waals surface area contributed by atoms with E-state index in [1.54, 1.807) is 0 Å². The maximum Gasteiger partial charge on any atom is 0.306 e. The van der Waals surface area contributed by atoms with Crippen molar-refractivity contribution in [2.45, 2.75) is 32.1 Å². The van der Waals surface area contributed by atoms with E-state index in [-0.39, 0.29) is 16.4 Å². The molecule has 2 rings (SSSR count). The molecule has 0 heterocycles. The maximum atomic E-state index is 11.7. The molecule has 1 fully saturated rings. The van der Waals surface area contributed by atoms with Gasteiger partial charge >= 0.3 is 5.97 Å². The lowest BCUT2D eigenvalue weighted by molar-refractivity contribution is -0.384. The fraction of sp³-hybridized carbons (Fsp3) is 0.467. The van der Waals surface area contributed by atoms with E-state index in [0.29, 0.717) is 12.3 Å². The third-order valence-electron chi connectivity index (χ3n) is 3.72. The Kier molecular flexibility index (Phi) is 5.92. The number of nitro groups is 1. The lowest BCUT2D eigenvalue weighted by Crippen LogP contribution is -2.21. The molecule has 0 bridgehead atoms. The molecule has 124 valence electrons. The second kappa shape index (κ2) is 7.92. The summed E-state index contributed by atoms with van der Waals surface area (Å²) in [7, 11) is 0. The van der Waals surface area contributed by atoms with E-state index in [0.717, 1.165) is 31.7 Å². The Morgan fingerprint density at radius 1 is 1.35 bits per heavy atom. The Labute approximate surface area is 138 Å². The topological polar surface area (TPSA) is 98.5 Å². The van der Waals surface area contributed by atoms with Crippen LogP contribution in [0.5, 0.6) is 0 Å². The van der Waals surface area contributed by atoms with Gasteiger partial charge in [-0.25, -0.2) is 0 Å². The molecule has 1 N–H and O–H groups in total. The summed E-state index contributed by atoms with van der Waals surface area (Å²) in [6.45, 7) is -0.415. The summed E-state index contributed by atoms with van der Waals surface area (Å²) in [5, 5.41) is 13.2. The Morgan fingerprint density at radius 3 is 2.70 bits per heavy atom. The molecule has 0 aromatic heterocycles. The average Bonchev–Trinajstić information content (AvgIpc) is 3.00. The summed E-state index contributed by atoms with van der Waals surface area (Å²) in [6.07, 6.45) is 4.65. The Morgan fingerprint density at radius 2 is 2.04 bits per heavy atom. The number of nitrogens with zero attached hydrogens (tertiary/aromatic N) is 1. The van der Waals surface area contributed by atoms with Crippen LogP contribution in [0.15, 0.2) is 18.2 Å². The van der Waals surface area contributed by atoms with Gasteiger partial charge < -0.3 is 10.1 Å². The third kappa shape index (κ3) is 5.21. The first kappa shape index (κ1) is 17.2. The van der Waals surface area contributed by atoms with Crippen LogP contribution in [0.4, 0.5) is 11.4 Å². The summed E-state index contributed by atoms with van der Waals surface area (Å²) >= 11 is 5.69. The second-order valence-corrected chi connectivity index (χ2v) is 5.89. The molecule has 0 saturated heterocycles. The Hall–Kier alpha value is -2.15. The van der Waals surface area contributed by atoms with Gasteiger partial charge in [-0.3, -0.25) is 19.7 Å². The summed E-state index contributed by atoms with van der Waals surface area (Å²) in [5.74, 6) is -0.597. The molecular formula is C15H17ClN2O5. The normalized spacial score (nSPS) is 14.5. The van der Waals surface area contributed by atoms with Gasteiger partial charge in [0.2, 0.25) is 0 Å². The molecule has 1 aromatic carbocycles. The van der Waals surface area contributed by atoms with E-state index >= 15 is 0 Å². The van der Waals surface area contributed by atoms with Gasteiger partial charge in [0.15, 0.2) is 6.61 Å². The monoisotopic (exact) mass is 340 g/mol. The van der Waals surface area contributed by atoms with Crippen molar-refractivity contribution in [1.29, 1.82) is 0 Å². The largest absolute Gasteiger partial charge is 0.456 e. The van der Waals surface area contributed by atoms with Crippen molar-refractivity contribution in [2.24, 2.45) is 5.92 Å². The third-order valence-corrected chi connectivity index (χ3v) is 4.04. The number of hydrogen-bond donors (Lipinski definition) is 1. The quantitative estimate of drug-likeness (QED) is 0.486. The van der Waals surface area contributed by atoms with Crippen LogP contribution >= 0.6 is 11.6 Å². The van der Waals surface area contributed by atoms with Crippen LogP contribution in [0.3, 0.4) is 0 Å². The van der Waals surface area contributed by atoms with Crippen molar-refractivity contribution in [3.63, 3.8) is 0 Å². The number of carbonyl (C=O) groups excluding carboxylic acids is 2. The number of halogens is 1. The second-order valence-electron chi connectivity index (χ2n) is 5.49. The molecule has 0 spiro atoms. The number of ether oxygens (including phenoxy) is 1. The van der Waals surface area contributed by atoms with Gasteiger partial charge in [-0.2, -0.15) is 0 Å². The molecule has 0 aliphatic heterocycles. The average molecular weight is 341 g/mol. The van der Waals surface area contributed by atoms with Gasteiger partial charge in [0.25, 0.3) is 11.6 Å². The molecule has 23 heavy (non-hydrogen) atoms. The predicted molar refractivity (Wildman–Crippen MR) is 84.3 cm³/mol. The summed E-state index contributed by atoms with van der Waals surface area (Å²) in [5.41, 5.74) is -0.0827. The van der Waals surface area contributed by atoms with Crippen molar-refractivity contribution < 1.29 is 19.2 Å². The molecule has 0 radical (unpaired) electrons. The number of nitro benzene ring substituents is 1. The van der Waals surface area contributed by atoms with E-state index in [1.165, 1.54) is 12.1 Å². The van der Waals surface area contributed by atoms with Crippen molar-refractivity contribution in [1.82, 2.24) is 0 Å². The minimum Gasteiger partial charge on any atom is -0.456 e. The number of benzene rings is 1. The summed E-state index contributed by atoms with van der Waals surface area (Å²) in [6, 6.07) is 3.91. The molecule has 1 aromatic rings. The number of rotatable bonds is 6. The fourth-order valence-electron chi connectivity index (χ4n) is 2.58. The van der Waals surface area contributed by atoms with E-state index in [1.807, 2.05) is 0 Å². The number of esters is 1. The van der Waals surface area contributed by atoms with Gasteiger partial charge in [-0.15, -0.1) is 0 Å². The highest BCUT2D eigenvalue weighted by molar-refractivity contribution is 6.32. The van der Waals surface area contributed by atoms with E-state index in [9.17, 15) is 19.7 Å². The smallest absolute Gasteiger partial charge is 0.306 e. The summed E-state index contributed by atoms with van der Waals surface area (Å²) < 4.78 is 4.93. The van der Waals surface area contributed by atoms with Gasteiger partial charge in [0.1, 0.15) is 5.02 Å². The van der Waals surface area contributed by atoms with Crippen LogP contribution in [0.1, 0.15) is 32.1 Å². The number of anilines is 1. The van der Waals surface area contributed by atoms with Crippen molar-refractivity contribution in [2.75, 3.05) is 11.9 Å². The van der Waals surface area contributed by atoms with Crippen LogP contribution < -0.4 is 5.32 Å². The van der Waals surface area contributed by atoms with Crippen molar-refractivity contribution in [3.8, 4) is 0 Å². The zero-order chi connectivity index (χ0) is 16.8. The Balaban J connectivity index is 1.81. The highest BCUT2D eigenvalue weighted by Crippen LogP contribution is 2.28. The minimum atomic E-state index is -0.639. The van der Waals surface area contributed by atoms with Gasteiger partial charge in [0.05, 0.1) is 4.92 Å². The molecule has 8 heteroatoms. The molecule has 7 nitrogen and oxygen atoms in total. The number of hydrogen-bond acceptors (Lipinski definition) is 5. The summed E-state index contributed by atoms with van der Waals surface area (Å²) in [4.78, 5) is 33.5. The lowest BCUT2D eigenvalue weighted by atomic mass is 10.1. The molecule has 1 aliphatic carbocycles. The first-order chi connectivity index (χ1) is 11.0. The minimum absolute atomic E-state index is 0.0176. The molecule has 0 atom stereocenters. The predicted octanol–water partition coefficient (Wildman–Crippen LogP) is 3.31. The number of nitrogens with one attached hydrogen (secondary N) is 1. The zero-order valence-electron chi connectivity index (χ0n) is 12.4. The Bertz CT molecular complexity index is 614. The van der Waals surface area contributed by atoms with Crippen LogP contribution in [0.2, 0.25) is 5.02 Å². The number of amides is 1. The number of carbonyl (C=O) groups is 2. The van der Waals surface area contributed by atoms with E-state index < -0.39 is 23.4 Å². The molecule has 0 unspecified atom stereocenters. The lowest BCUT2D eigenvalue weighted by Gasteiger charge is -2.09. The maximum absolute atomic E-state index is 11.7. The van der Waals surface area contributed by atoms with Crippen LogP contribution in [0, 0.1) is 16.0 Å². The van der Waals surface area contributed by atoms with Gasteiger partial charge in [0, 0.05) is 18.2 Å². The molecule has 1 aliphatic rings. The van der Waals surface area contributed by atoms with Crippen molar-refractivity contribution in [3.05, 3.63) is 33.3 Å². The van der Waals surface area contributed by atoms with Crippen LogP contribution in [0.25, 0.3) is 0 Å². The van der Waals surface area contributed by atoms with Gasteiger partial charge in [-0.05, 0) is 30.9 Å². The highest BCUT2D eigenvalue weighted by atomic mass is 35.5. The van der Waals surface area contributed by atoms with Crippen molar-refractivity contribution >= 4 is 34.9 Å². The fourth-order valence-corrected chi connectivity index (χ4v) is 2.77. The highest BCUT2D eigenvalue weighted by Gasteiger charge is 2.20. The van der Waals surface area contributed by atoms with Gasteiger partial charge in [-0.1, -0.05) is 24.4 Å². The first-order valence-electron chi connectivity index (χ1n) is 7.35. The SMILES string of the molecule is O=C(COC(=O)CC1CCCC1)Nc1ccc(Cl)c([N+](=O)[O-])c1. The van der Waals surface area contributed by atoms with Crippen LogP contribution in [-0.4, -0.2) is 23.4 Å². The van der Waals surface area contributed by atoms with E-state index in [4.69, 9.17) is 16.3 Å². The van der Waals surface area contributed by atoms with Crippen LogP contribution in [-0.2, 0) is 14.3 Å². The first-order valence-corrected chi connectivity index (χ1v) is 7.73.